The van der Waals surface area contributed by atoms with E-state index in [2.05, 4.69) is 72.0 Å². The summed E-state index contributed by atoms with van der Waals surface area (Å²) < 4.78 is 1.22. The van der Waals surface area contributed by atoms with E-state index in [1.54, 1.807) is 0 Å². The van der Waals surface area contributed by atoms with Gasteiger partial charge in [-0.3, -0.25) is 0 Å². The second kappa shape index (κ2) is 7.64. The van der Waals surface area contributed by atoms with E-state index < -0.39 is 0 Å². The largest absolute Gasteiger partial charge is 0.371 e. The summed E-state index contributed by atoms with van der Waals surface area (Å²) in [6, 6.07) is 7.23. The van der Waals surface area contributed by atoms with Crippen molar-refractivity contribution in [2.75, 3.05) is 24.5 Å². The lowest BCUT2D eigenvalue weighted by molar-refractivity contribution is 0.311. The number of piperidine rings is 1. The van der Waals surface area contributed by atoms with Crippen LogP contribution in [0.15, 0.2) is 22.7 Å². The van der Waals surface area contributed by atoms with Crippen LogP contribution in [-0.4, -0.2) is 19.6 Å². The van der Waals surface area contributed by atoms with E-state index in [0.29, 0.717) is 6.04 Å². The molecular weight excluding hydrogens is 324 g/mol. The SMILES string of the molecule is CCNC(C)c1ccc(N2CCC(C(C)C)CC2)cc1Br. The first-order valence-corrected chi connectivity index (χ1v) is 9.10. The maximum atomic E-state index is 3.75. The van der Waals surface area contributed by atoms with Gasteiger partial charge in [0.15, 0.2) is 0 Å². The Morgan fingerprint density at radius 1 is 1.24 bits per heavy atom. The van der Waals surface area contributed by atoms with Gasteiger partial charge < -0.3 is 10.2 Å². The zero-order valence-corrected chi connectivity index (χ0v) is 15.4. The fourth-order valence-corrected chi connectivity index (χ4v) is 4.01. The van der Waals surface area contributed by atoms with Crippen molar-refractivity contribution >= 4 is 21.6 Å². The van der Waals surface area contributed by atoms with Crippen molar-refractivity contribution in [3.63, 3.8) is 0 Å². The second-order valence-corrected chi connectivity index (χ2v) is 7.41. The van der Waals surface area contributed by atoms with Gasteiger partial charge in [-0.05, 0) is 55.8 Å². The Morgan fingerprint density at radius 2 is 1.90 bits per heavy atom. The Morgan fingerprint density at radius 3 is 2.43 bits per heavy atom. The van der Waals surface area contributed by atoms with Crippen LogP contribution in [-0.2, 0) is 0 Å². The summed E-state index contributed by atoms with van der Waals surface area (Å²) in [6.45, 7) is 12.5. The first kappa shape index (κ1) is 16.8. The molecule has 3 heteroatoms. The molecule has 1 aromatic rings. The highest BCUT2D eigenvalue weighted by Crippen LogP contribution is 2.32. The molecule has 1 unspecified atom stereocenters. The Balaban J connectivity index is 2.04. The number of nitrogens with zero attached hydrogens (tertiary/aromatic N) is 1. The molecule has 0 spiro atoms. The molecule has 21 heavy (non-hydrogen) atoms. The lowest BCUT2D eigenvalue weighted by Crippen LogP contribution is -2.35. The monoisotopic (exact) mass is 352 g/mol. The first-order valence-electron chi connectivity index (χ1n) is 8.30. The topological polar surface area (TPSA) is 15.3 Å². The summed E-state index contributed by atoms with van der Waals surface area (Å²) in [5.41, 5.74) is 2.70. The highest BCUT2D eigenvalue weighted by atomic mass is 79.9. The van der Waals surface area contributed by atoms with Gasteiger partial charge in [0.1, 0.15) is 0 Å². The van der Waals surface area contributed by atoms with Gasteiger partial charge in [0.25, 0.3) is 0 Å². The predicted octanol–water partition coefficient (Wildman–Crippen LogP) is 4.99. The molecule has 118 valence electrons. The maximum absolute atomic E-state index is 3.75. The summed E-state index contributed by atoms with van der Waals surface area (Å²) in [5, 5.41) is 3.48. The maximum Gasteiger partial charge on any atom is 0.0377 e. The summed E-state index contributed by atoms with van der Waals surface area (Å²) >= 11 is 3.75. The molecule has 0 aromatic heterocycles. The van der Waals surface area contributed by atoms with Crippen LogP contribution in [0.1, 0.15) is 52.1 Å². The molecule has 2 nitrogen and oxygen atoms in total. The third-order valence-electron chi connectivity index (χ3n) is 4.81. The van der Waals surface area contributed by atoms with Gasteiger partial charge in [-0.25, -0.2) is 0 Å². The smallest absolute Gasteiger partial charge is 0.0377 e. The van der Waals surface area contributed by atoms with Crippen molar-refractivity contribution in [3.05, 3.63) is 28.2 Å². The van der Waals surface area contributed by atoms with Crippen LogP contribution in [0.4, 0.5) is 5.69 Å². The average molecular weight is 353 g/mol. The molecular formula is C18H29BrN2. The van der Waals surface area contributed by atoms with Gasteiger partial charge in [0, 0.05) is 29.3 Å². The van der Waals surface area contributed by atoms with Crippen molar-refractivity contribution in [1.29, 1.82) is 0 Å². The molecule has 0 amide bonds. The van der Waals surface area contributed by atoms with E-state index in [-0.39, 0.29) is 0 Å². The molecule has 1 saturated heterocycles. The molecule has 1 aliphatic heterocycles. The molecule has 1 fully saturated rings. The molecule has 1 aromatic carbocycles. The van der Waals surface area contributed by atoms with Gasteiger partial charge >= 0.3 is 0 Å². The zero-order chi connectivity index (χ0) is 15.4. The first-order chi connectivity index (χ1) is 10.0. The molecule has 1 atom stereocenters. The van der Waals surface area contributed by atoms with Crippen LogP contribution in [0.5, 0.6) is 0 Å². The third kappa shape index (κ3) is 4.23. The fourth-order valence-electron chi connectivity index (χ4n) is 3.30. The van der Waals surface area contributed by atoms with Crippen molar-refractivity contribution in [2.24, 2.45) is 11.8 Å². The summed E-state index contributed by atoms with van der Waals surface area (Å²) in [5.74, 6) is 1.72. The molecule has 0 radical (unpaired) electrons. The molecule has 1 N–H and O–H groups in total. The molecule has 0 saturated carbocycles. The Kier molecular flexibility index (Phi) is 6.12. The van der Waals surface area contributed by atoms with Crippen LogP contribution in [0, 0.1) is 11.8 Å². The lowest BCUT2D eigenvalue weighted by Gasteiger charge is -2.35. The van der Waals surface area contributed by atoms with Crippen molar-refractivity contribution in [1.82, 2.24) is 5.32 Å². The predicted molar refractivity (Wildman–Crippen MR) is 96.0 cm³/mol. The van der Waals surface area contributed by atoms with Gasteiger partial charge in [-0.15, -0.1) is 0 Å². The second-order valence-electron chi connectivity index (χ2n) is 6.55. The minimum Gasteiger partial charge on any atom is -0.371 e. The van der Waals surface area contributed by atoms with Crippen LogP contribution in [0.2, 0.25) is 0 Å². The molecule has 1 aliphatic rings. The summed E-state index contributed by atoms with van der Waals surface area (Å²) in [6.07, 6.45) is 2.65. The van der Waals surface area contributed by atoms with Crippen LogP contribution in [0.3, 0.4) is 0 Å². The number of halogens is 1. The quantitative estimate of drug-likeness (QED) is 0.802. The fraction of sp³-hybridized carbons (Fsp3) is 0.667. The standard InChI is InChI=1S/C18H29BrN2/c1-5-20-14(4)17-7-6-16(12-18(17)19)21-10-8-15(9-11-21)13(2)3/h6-7,12-15,20H,5,8-11H2,1-4H3. The van der Waals surface area contributed by atoms with E-state index in [1.165, 1.54) is 41.7 Å². The normalized spacial score (nSPS) is 18.3. The number of hydrogen-bond donors (Lipinski definition) is 1. The molecule has 1 heterocycles. The Labute approximate surface area is 138 Å². The number of anilines is 1. The van der Waals surface area contributed by atoms with Crippen molar-refractivity contribution in [2.45, 2.75) is 46.6 Å². The van der Waals surface area contributed by atoms with Crippen LogP contribution >= 0.6 is 15.9 Å². The average Bonchev–Trinajstić information content (AvgIpc) is 2.47. The van der Waals surface area contributed by atoms with E-state index in [9.17, 15) is 0 Å². The highest BCUT2D eigenvalue weighted by molar-refractivity contribution is 9.10. The summed E-state index contributed by atoms with van der Waals surface area (Å²) in [4.78, 5) is 2.53. The molecule has 0 aliphatic carbocycles. The number of rotatable bonds is 5. The van der Waals surface area contributed by atoms with E-state index in [1.807, 2.05) is 0 Å². The number of hydrogen-bond acceptors (Lipinski definition) is 2. The zero-order valence-electron chi connectivity index (χ0n) is 13.8. The summed E-state index contributed by atoms with van der Waals surface area (Å²) in [7, 11) is 0. The van der Waals surface area contributed by atoms with Gasteiger partial charge in [-0.1, -0.05) is 42.8 Å². The van der Waals surface area contributed by atoms with Crippen LogP contribution < -0.4 is 10.2 Å². The highest BCUT2D eigenvalue weighted by Gasteiger charge is 2.22. The lowest BCUT2D eigenvalue weighted by atomic mass is 9.86. The third-order valence-corrected chi connectivity index (χ3v) is 5.50. The van der Waals surface area contributed by atoms with Gasteiger partial charge in [0.05, 0.1) is 0 Å². The van der Waals surface area contributed by atoms with Gasteiger partial charge in [-0.2, -0.15) is 0 Å². The van der Waals surface area contributed by atoms with E-state index in [4.69, 9.17) is 0 Å². The van der Waals surface area contributed by atoms with Crippen molar-refractivity contribution < 1.29 is 0 Å². The number of benzene rings is 1. The number of nitrogens with one attached hydrogen (secondary N) is 1. The Hall–Kier alpha value is -0.540. The van der Waals surface area contributed by atoms with Gasteiger partial charge in [0.2, 0.25) is 0 Å². The van der Waals surface area contributed by atoms with Crippen LogP contribution in [0.25, 0.3) is 0 Å². The van der Waals surface area contributed by atoms with E-state index in [0.717, 1.165) is 18.4 Å². The van der Waals surface area contributed by atoms with Crippen molar-refractivity contribution in [3.8, 4) is 0 Å². The van der Waals surface area contributed by atoms with E-state index >= 15 is 0 Å². The Bertz CT molecular complexity index is 451. The minimum absolute atomic E-state index is 0.394. The molecule has 2 rings (SSSR count). The minimum atomic E-state index is 0.394. The molecule has 0 bridgehead atoms.